The van der Waals surface area contributed by atoms with Crippen LogP contribution in [-0.4, -0.2) is 45.9 Å². The molecule has 0 saturated carbocycles. The van der Waals surface area contributed by atoms with E-state index < -0.39 is 29.6 Å². The minimum Gasteiger partial charge on any atom is -0.463 e. The second-order valence-electron chi connectivity index (χ2n) is 6.64. The Morgan fingerprint density at radius 1 is 1.31 bits per heavy atom. The summed E-state index contributed by atoms with van der Waals surface area (Å²) in [6.45, 7) is 9.50. The van der Waals surface area contributed by atoms with Crippen LogP contribution in [0.25, 0.3) is 11.9 Å². The molecular weight excluding hydrogens is 394 g/mol. The molecule has 0 saturated heterocycles. The molecule has 2 aromatic rings. The average molecular weight is 415 g/mol. The normalized spacial score (nSPS) is 14.0. The molecule has 7 nitrogen and oxygen atoms in total. The lowest BCUT2D eigenvalue weighted by molar-refractivity contribution is -0.190. The van der Waals surface area contributed by atoms with Gasteiger partial charge in [-0.2, -0.15) is 13.2 Å². The van der Waals surface area contributed by atoms with Crippen LogP contribution in [0.1, 0.15) is 38.0 Å². The lowest BCUT2D eigenvalue weighted by Gasteiger charge is -2.22. The van der Waals surface area contributed by atoms with Gasteiger partial charge >= 0.3 is 6.18 Å². The topological polar surface area (TPSA) is 74.4 Å². The van der Waals surface area contributed by atoms with Crippen LogP contribution >= 0.6 is 0 Å². The molecule has 0 fully saturated rings. The van der Waals surface area contributed by atoms with Gasteiger partial charge in [-0.05, 0) is 40.5 Å². The maximum absolute atomic E-state index is 14.3. The first kappa shape index (κ1) is 22.5. The predicted molar refractivity (Wildman–Crippen MR) is 98.9 cm³/mol. The number of ether oxygens (including phenoxy) is 2. The average Bonchev–Trinajstić information content (AvgIpc) is 3.01. The van der Waals surface area contributed by atoms with Crippen LogP contribution in [0.5, 0.6) is 5.88 Å². The highest BCUT2D eigenvalue weighted by Gasteiger charge is 2.38. The van der Waals surface area contributed by atoms with Crippen molar-refractivity contribution < 1.29 is 27.0 Å². The van der Waals surface area contributed by atoms with Gasteiger partial charge in [0.15, 0.2) is 17.7 Å². The van der Waals surface area contributed by atoms with E-state index in [-0.39, 0.29) is 11.3 Å². The van der Waals surface area contributed by atoms with Crippen LogP contribution in [0.4, 0.5) is 17.6 Å². The van der Waals surface area contributed by atoms with Crippen molar-refractivity contribution in [2.24, 2.45) is 4.99 Å². The minimum absolute atomic E-state index is 0.179. The quantitative estimate of drug-likeness (QED) is 0.505. The fourth-order valence-corrected chi connectivity index (χ4v) is 2.24. The predicted octanol–water partition coefficient (Wildman–Crippen LogP) is 3.99. The van der Waals surface area contributed by atoms with Gasteiger partial charge in [-0.1, -0.05) is 0 Å². The third kappa shape index (κ3) is 4.97. The number of hydrogen-bond donors (Lipinski definition) is 0. The van der Waals surface area contributed by atoms with E-state index in [0.29, 0.717) is 11.6 Å². The zero-order chi connectivity index (χ0) is 22.0. The summed E-state index contributed by atoms with van der Waals surface area (Å²) in [6, 6.07) is 0.965. The molecule has 0 aliphatic rings. The fourth-order valence-electron chi connectivity index (χ4n) is 2.24. The second kappa shape index (κ2) is 8.27. The van der Waals surface area contributed by atoms with E-state index in [1.54, 1.807) is 25.3 Å². The monoisotopic (exact) mass is 415 g/mol. The Morgan fingerprint density at radius 3 is 2.48 bits per heavy atom. The van der Waals surface area contributed by atoms with Gasteiger partial charge in [0.05, 0.1) is 5.70 Å². The van der Waals surface area contributed by atoms with E-state index in [9.17, 15) is 17.6 Å². The van der Waals surface area contributed by atoms with Crippen molar-refractivity contribution in [1.29, 1.82) is 0 Å². The molecule has 1 atom stereocenters. The smallest absolute Gasteiger partial charge is 0.425 e. The summed E-state index contributed by atoms with van der Waals surface area (Å²) in [4.78, 5) is 7.51. The Kier molecular flexibility index (Phi) is 6.41. The van der Waals surface area contributed by atoms with Gasteiger partial charge in [-0.25, -0.2) is 9.37 Å². The number of halogens is 4. The number of aryl methyl sites for hydroxylation is 1. The number of alkyl halides is 3. The van der Waals surface area contributed by atoms with Gasteiger partial charge in [-0.15, -0.1) is 10.2 Å². The van der Waals surface area contributed by atoms with E-state index in [1.165, 1.54) is 13.3 Å². The molecule has 0 unspecified atom stereocenters. The molecule has 2 aromatic heterocycles. The van der Waals surface area contributed by atoms with Crippen molar-refractivity contribution in [2.45, 2.75) is 45.6 Å². The molecule has 29 heavy (non-hydrogen) atoms. The lowest BCUT2D eigenvalue weighted by Crippen LogP contribution is -2.31. The standard InChI is InChI=1S/C18H21F4N5O2/c1-10(18(20,21)22)29-15-13(19)7-12(8-24-15)14(23-5)9-27-11(2)25-26-16(27)17(3,4)28-6/h7-10H,5H2,1-4,6H3/b14-9-/t10-/m0/s1. The van der Waals surface area contributed by atoms with Crippen LogP contribution < -0.4 is 4.74 Å². The Labute approximate surface area is 165 Å². The molecule has 2 heterocycles. The fraction of sp³-hybridized carbons (Fsp3) is 0.444. The van der Waals surface area contributed by atoms with E-state index >= 15 is 0 Å². The molecule has 0 aliphatic heterocycles. The molecule has 158 valence electrons. The summed E-state index contributed by atoms with van der Waals surface area (Å²) in [5.41, 5.74) is -0.402. The summed E-state index contributed by atoms with van der Waals surface area (Å²) < 4.78 is 63.7. The van der Waals surface area contributed by atoms with Crippen molar-refractivity contribution >= 4 is 18.6 Å². The van der Waals surface area contributed by atoms with E-state index in [1.807, 2.05) is 0 Å². The number of aromatic nitrogens is 4. The third-order valence-corrected chi connectivity index (χ3v) is 4.19. The van der Waals surface area contributed by atoms with Crippen LogP contribution in [0, 0.1) is 12.7 Å². The first-order valence-corrected chi connectivity index (χ1v) is 8.45. The molecule has 2 rings (SSSR count). The summed E-state index contributed by atoms with van der Waals surface area (Å²) in [5, 5.41) is 8.10. The molecule has 0 amide bonds. The minimum atomic E-state index is -4.64. The zero-order valence-electron chi connectivity index (χ0n) is 16.6. The van der Waals surface area contributed by atoms with Crippen molar-refractivity contribution in [3.63, 3.8) is 0 Å². The van der Waals surface area contributed by atoms with Crippen molar-refractivity contribution in [3.8, 4) is 5.88 Å². The van der Waals surface area contributed by atoms with Gasteiger partial charge in [0.1, 0.15) is 11.4 Å². The first-order chi connectivity index (χ1) is 13.4. The highest BCUT2D eigenvalue weighted by Crippen LogP contribution is 2.28. The van der Waals surface area contributed by atoms with Crippen LogP contribution in [0.3, 0.4) is 0 Å². The number of methoxy groups -OCH3 is 1. The van der Waals surface area contributed by atoms with E-state index in [0.717, 1.165) is 19.2 Å². The summed E-state index contributed by atoms with van der Waals surface area (Å²) in [5.74, 6) is -0.848. The molecule has 0 N–H and O–H groups in total. The van der Waals surface area contributed by atoms with Crippen molar-refractivity contribution in [2.75, 3.05) is 7.11 Å². The van der Waals surface area contributed by atoms with Gasteiger partial charge in [-0.3, -0.25) is 9.56 Å². The summed E-state index contributed by atoms with van der Waals surface area (Å²) in [7, 11) is 1.52. The third-order valence-electron chi connectivity index (χ3n) is 4.19. The SMILES string of the molecule is C=N/C(=C\n1c(C)nnc1C(C)(C)OC)c1cnc(O[C@@H](C)C(F)(F)F)c(F)c1. The van der Waals surface area contributed by atoms with Crippen LogP contribution in [-0.2, 0) is 10.3 Å². The molecule has 0 spiro atoms. The molecule has 11 heteroatoms. The van der Waals surface area contributed by atoms with Gasteiger partial charge < -0.3 is 9.47 Å². The van der Waals surface area contributed by atoms with Gasteiger partial charge in [0.25, 0.3) is 5.88 Å². The maximum atomic E-state index is 14.3. The Morgan fingerprint density at radius 2 is 1.97 bits per heavy atom. The van der Waals surface area contributed by atoms with E-state index in [4.69, 9.17) is 4.74 Å². The molecule has 0 aliphatic carbocycles. The number of aliphatic imine (C=N–C) groups is 1. The molecule has 0 radical (unpaired) electrons. The Bertz CT molecular complexity index is 921. The van der Waals surface area contributed by atoms with Gasteiger partial charge in [0.2, 0.25) is 0 Å². The summed E-state index contributed by atoms with van der Waals surface area (Å²) in [6.07, 6.45) is -4.20. The molecule has 0 aromatic carbocycles. The number of pyridine rings is 1. The molecule has 0 bridgehead atoms. The number of rotatable bonds is 7. The Balaban J connectivity index is 2.43. The lowest BCUT2D eigenvalue weighted by atomic mass is 10.1. The maximum Gasteiger partial charge on any atom is 0.425 e. The highest BCUT2D eigenvalue weighted by atomic mass is 19.4. The molecular formula is C18H21F4N5O2. The number of hydrogen-bond acceptors (Lipinski definition) is 6. The van der Waals surface area contributed by atoms with Crippen LogP contribution in [0.2, 0.25) is 0 Å². The Hall–Kier alpha value is -2.82. The van der Waals surface area contributed by atoms with Crippen LogP contribution in [0.15, 0.2) is 17.3 Å². The van der Waals surface area contributed by atoms with Gasteiger partial charge in [0, 0.05) is 25.1 Å². The second-order valence-corrected chi connectivity index (χ2v) is 6.64. The largest absolute Gasteiger partial charge is 0.463 e. The van der Waals surface area contributed by atoms with Crippen molar-refractivity contribution in [3.05, 3.63) is 35.3 Å². The number of nitrogens with zero attached hydrogens (tertiary/aromatic N) is 5. The van der Waals surface area contributed by atoms with E-state index in [2.05, 4.69) is 31.6 Å². The van der Waals surface area contributed by atoms with Crippen molar-refractivity contribution in [1.82, 2.24) is 19.7 Å². The first-order valence-electron chi connectivity index (χ1n) is 8.45. The zero-order valence-corrected chi connectivity index (χ0v) is 16.6. The highest BCUT2D eigenvalue weighted by molar-refractivity contribution is 5.77. The summed E-state index contributed by atoms with van der Waals surface area (Å²) >= 11 is 0.